The second-order valence-electron chi connectivity index (χ2n) is 7.14. The summed E-state index contributed by atoms with van der Waals surface area (Å²) in [4.78, 5) is 47.3. The highest BCUT2D eigenvalue weighted by Crippen LogP contribution is 2.05. The van der Waals surface area contributed by atoms with Gasteiger partial charge in [0.25, 0.3) is 0 Å². The summed E-state index contributed by atoms with van der Waals surface area (Å²) in [6.45, 7) is 4.43. The number of H-pyrrole nitrogens is 1. The molecular formula is C22H32N3O8+. The predicted octanol–water partition coefficient (Wildman–Crippen LogP) is 1.45. The minimum absolute atomic E-state index is 0.0401. The van der Waals surface area contributed by atoms with E-state index in [-0.39, 0.29) is 51.7 Å². The second-order valence-corrected chi connectivity index (χ2v) is 7.14. The molecule has 1 aromatic rings. The summed E-state index contributed by atoms with van der Waals surface area (Å²) >= 11 is 0. The van der Waals surface area contributed by atoms with Gasteiger partial charge in [-0.3, -0.25) is 19.2 Å². The van der Waals surface area contributed by atoms with Crippen LogP contribution in [0.2, 0.25) is 0 Å². The maximum Gasteiger partial charge on any atom is 0.306 e. The quantitative estimate of drug-likeness (QED) is 0.143. The third kappa shape index (κ3) is 14.1. The van der Waals surface area contributed by atoms with Crippen LogP contribution in [0.1, 0.15) is 50.6 Å². The summed E-state index contributed by atoms with van der Waals surface area (Å²) in [5.41, 5.74) is 1.66. The molecule has 0 bridgehead atoms. The second kappa shape index (κ2) is 16.1. The Kier molecular flexibility index (Phi) is 13.3. The summed E-state index contributed by atoms with van der Waals surface area (Å²) in [6, 6.07) is 0. The number of nitrogens with zero attached hydrogens (tertiary/aromatic N) is 1. The SMILES string of the molecule is C=CNC(=CC[n+]1c[nH]c(CCOC(=O)CCCC(=O)O)c1)CCC(=O)OCCCC(=O)O. The van der Waals surface area contributed by atoms with Crippen LogP contribution in [0.15, 0.2) is 37.1 Å². The molecule has 33 heavy (non-hydrogen) atoms. The first kappa shape index (κ1) is 27.4. The number of aromatic amines is 1. The van der Waals surface area contributed by atoms with Gasteiger partial charge in [-0.2, -0.15) is 0 Å². The van der Waals surface area contributed by atoms with Gasteiger partial charge in [0.2, 0.25) is 6.33 Å². The van der Waals surface area contributed by atoms with E-state index in [0.29, 0.717) is 19.4 Å². The molecule has 182 valence electrons. The summed E-state index contributed by atoms with van der Waals surface area (Å²) < 4.78 is 12.0. The molecule has 0 spiro atoms. The van der Waals surface area contributed by atoms with Crippen molar-refractivity contribution < 1.29 is 43.4 Å². The lowest BCUT2D eigenvalue weighted by atomic mass is 10.2. The van der Waals surface area contributed by atoms with E-state index < -0.39 is 23.9 Å². The number of carboxylic acid groups (broad SMARTS) is 2. The lowest BCUT2D eigenvalue weighted by Gasteiger charge is -2.07. The lowest BCUT2D eigenvalue weighted by Crippen LogP contribution is -2.30. The number of carbonyl (C=O) groups excluding carboxylic acids is 2. The summed E-state index contributed by atoms with van der Waals surface area (Å²) in [5, 5.41) is 20.1. The molecule has 0 atom stereocenters. The number of aliphatic carboxylic acids is 2. The zero-order chi connectivity index (χ0) is 24.5. The summed E-state index contributed by atoms with van der Waals surface area (Å²) in [7, 11) is 0. The lowest BCUT2D eigenvalue weighted by molar-refractivity contribution is -0.685. The Morgan fingerprint density at radius 3 is 2.33 bits per heavy atom. The highest BCUT2D eigenvalue weighted by Gasteiger charge is 2.10. The van der Waals surface area contributed by atoms with Gasteiger partial charge in [-0.05, 0) is 31.5 Å². The molecule has 4 N–H and O–H groups in total. The number of carbonyl (C=O) groups is 4. The topological polar surface area (TPSA) is 159 Å². The first-order chi connectivity index (χ1) is 15.8. The van der Waals surface area contributed by atoms with Crippen molar-refractivity contribution >= 4 is 23.9 Å². The Morgan fingerprint density at radius 2 is 1.64 bits per heavy atom. The van der Waals surface area contributed by atoms with Crippen molar-refractivity contribution in [2.45, 2.75) is 57.9 Å². The van der Waals surface area contributed by atoms with Crippen LogP contribution in [0.25, 0.3) is 0 Å². The molecular weight excluding hydrogens is 434 g/mol. The van der Waals surface area contributed by atoms with Crippen molar-refractivity contribution in [3.63, 3.8) is 0 Å². The number of aromatic nitrogens is 2. The summed E-state index contributed by atoms with van der Waals surface area (Å²) in [5.74, 6) is -2.68. The number of nitrogens with one attached hydrogen (secondary N) is 2. The number of imidazole rings is 1. The molecule has 11 heteroatoms. The number of carboxylic acids is 2. The van der Waals surface area contributed by atoms with Crippen LogP contribution in [0.3, 0.4) is 0 Å². The van der Waals surface area contributed by atoms with Crippen molar-refractivity contribution in [3.05, 3.63) is 42.8 Å². The maximum absolute atomic E-state index is 11.8. The molecule has 0 aliphatic heterocycles. The molecule has 1 heterocycles. The number of rotatable bonds is 18. The fraction of sp³-hybridized carbons (Fsp3) is 0.500. The van der Waals surface area contributed by atoms with Crippen LogP contribution < -0.4 is 9.88 Å². The van der Waals surface area contributed by atoms with Crippen LogP contribution in [0, 0.1) is 0 Å². The molecule has 1 aromatic heterocycles. The van der Waals surface area contributed by atoms with Crippen molar-refractivity contribution in [2.24, 2.45) is 0 Å². The van der Waals surface area contributed by atoms with Crippen LogP contribution in [0.5, 0.6) is 0 Å². The minimum Gasteiger partial charge on any atom is -0.481 e. The van der Waals surface area contributed by atoms with Crippen molar-refractivity contribution in [1.29, 1.82) is 0 Å². The van der Waals surface area contributed by atoms with E-state index >= 15 is 0 Å². The van der Waals surface area contributed by atoms with E-state index in [0.717, 1.165) is 11.4 Å². The van der Waals surface area contributed by atoms with E-state index in [2.05, 4.69) is 16.9 Å². The number of allylic oxidation sites excluding steroid dienone is 2. The molecule has 0 saturated carbocycles. The van der Waals surface area contributed by atoms with Crippen LogP contribution in [-0.2, 0) is 41.6 Å². The normalized spacial score (nSPS) is 11.0. The zero-order valence-electron chi connectivity index (χ0n) is 18.6. The first-order valence-electron chi connectivity index (χ1n) is 10.7. The smallest absolute Gasteiger partial charge is 0.306 e. The number of ether oxygens (including phenoxy) is 2. The Morgan fingerprint density at radius 1 is 0.970 bits per heavy atom. The third-order valence-electron chi connectivity index (χ3n) is 4.38. The van der Waals surface area contributed by atoms with E-state index in [1.54, 1.807) is 6.33 Å². The fourth-order valence-corrected chi connectivity index (χ4v) is 2.71. The average Bonchev–Trinajstić information content (AvgIpc) is 3.20. The molecule has 11 nitrogen and oxygen atoms in total. The maximum atomic E-state index is 11.8. The van der Waals surface area contributed by atoms with Gasteiger partial charge < -0.3 is 25.0 Å². The highest BCUT2D eigenvalue weighted by atomic mass is 16.5. The molecule has 1 rings (SSSR count). The Balaban J connectivity index is 2.37. The molecule has 0 unspecified atom stereocenters. The standard InChI is InChI=1S/C22H31N3O8/c1-2-23-17(8-9-22(31)32-13-4-6-20(28)29)10-12-25-15-18(24-16-25)11-14-33-21(30)7-3-5-19(26)27/h2,10,15-16,23H,1,3-9,11-14H2,(H2,26,27,28,29)/p+1. The molecule has 0 aromatic carbocycles. The predicted molar refractivity (Wildman–Crippen MR) is 116 cm³/mol. The van der Waals surface area contributed by atoms with Crippen molar-refractivity contribution in [3.8, 4) is 0 Å². The monoisotopic (exact) mass is 466 g/mol. The number of hydrogen-bond donors (Lipinski definition) is 4. The Hall–Kier alpha value is -3.63. The molecule has 0 amide bonds. The van der Waals surface area contributed by atoms with Crippen molar-refractivity contribution in [1.82, 2.24) is 10.3 Å². The number of esters is 2. The van der Waals surface area contributed by atoms with Gasteiger partial charge in [-0.1, -0.05) is 6.58 Å². The van der Waals surface area contributed by atoms with Crippen molar-refractivity contribution in [2.75, 3.05) is 13.2 Å². The van der Waals surface area contributed by atoms with Gasteiger partial charge in [0, 0.05) is 31.4 Å². The van der Waals surface area contributed by atoms with E-state index in [4.69, 9.17) is 19.7 Å². The third-order valence-corrected chi connectivity index (χ3v) is 4.38. The largest absolute Gasteiger partial charge is 0.481 e. The van der Waals surface area contributed by atoms with Gasteiger partial charge in [0.1, 0.15) is 18.4 Å². The summed E-state index contributed by atoms with van der Waals surface area (Å²) in [6.07, 6.45) is 8.64. The molecule has 0 saturated heterocycles. The van der Waals surface area contributed by atoms with E-state index in [1.165, 1.54) is 6.20 Å². The molecule has 0 aliphatic carbocycles. The molecule has 0 aliphatic rings. The number of hydrogen-bond acceptors (Lipinski definition) is 7. The van der Waals surface area contributed by atoms with E-state index in [1.807, 2.05) is 16.8 Å². The van der Waals surface area contributed by atoms with Crippen LogP contribution >= 0.6 is 0 Å². The Bertz CT molecular complexity index is 831. The Labute approximate surface area is 192 Å². The molecule has 0 radical (unpaired) electrons. The first-order valence-corrected chi connectivity index (χ1v) is 10.7. The zero-order valence-corrected chi connectivity index (χ0v) is 18.6. The van der Waals surface area contributed by atoms with Crippen LogP contribution in [0.4, 0.5) is 0 Å². The molecule has 0 fully saturated rings. The van der Waals surface area contributed by atoms with Gasteiger partial charge in [-0.25, -0.2) is 9.55 Å². The van der Waals surface area contributed by atoms with E-state index in [9.17, 15) is 19.2 Å². The van der Waals surface area contributed by atoms with Crippen LogP contribution in [-0.4, -0.2) is 52.3 Å². The van der Waals surface area contributed by atoms with Gasteiger partial charge in [0.15, 0.2) is 0 Å². The van der Waals surface area contributed by atoms with Gasteiger partial charge in [0.05, 0.1) is 19.6 Å². The van der Waals surface area contributed by atoms with Gasteiger partial charge >= 0.3 is 23.9 Å². The van der Waals surface area contributed by atoms with Gasteiger partial charge in [-0.15, -0.1) is 0 Å². The average molecular weight is 467 g/mol. The minimum atomic E-state index is -0.938. The fourth-order valence-electron chi connectivity index (χ4n) is 2.71. The highest BCUT2D eigenvalue weighted by molar-refractivity contribution is 5.71.